The van der Waals surface area contributed by atoms with E-state index in [0.29, 0.717) is 6.42 Å². The van der Waals surface area contributed by atoms with Crippen molar-refractivity contribution in [2.75, 3.05) is 0 Å². The van der Waals surface area contributed by atoms with Gasteiger partial charge in [-0.05, 0) is 24.7 Å². The van der Waals surface area contributed by atoms with Crippen LogP contribution < -0.4 is 5.32 Å². The molecule has 0 aliphatic rings. The molecule has 2 N–H and O–H groups in total. The molecule has 18 heavy (non-hydrogen) atoms. The van der Waals surface area contributed by atoms with Gasteiger partial charge in [0.15, 0.2) is 5.37 Å². The van der Waals surface area contributed by atoms with Gasteiger partial charge >= 0.3 is 0 Å². The number of carbonyl (C=O) groups excluding carboxylic acids is 1. The Hall–Kier alpha value is -0.880. The van der Waals surface area contributed by atoms with E-state index in [4.69, 9.17) is 0 Å². The lowest BCUT2D eigenvalue weighted by Gasteiger charge is -2.28. The highest BCUT2D eigenvalue weighted by molar-refractivity contribution is 7.86. The van der Waals surface area contributed by atoms with E-state index in [0.717, 1.165) is 0 Å². The molecular weight excluding hydrogens is 254 g/mol. The fourth-order valence-electron chi connectivity index (χ4n) is 1.84. The molecule has 0 aromatic heterocycles. The minimum absolute atomic E-state index is 0.101. The molecule has 0 aliphatic heterocycles. The number of hydrogen-bond acceptors (Lipinski definition) is 3. The molecule has 0 radical (unpaired) electrons. The third kappa shape index (κ3) is 6.16. The third-order valence-electron chi connectivity index (χ3n) is 2.43. The molecule has 2 unspecified atom stereocenters. The molecule has 0 aliphatic carbocycles. The lowest BCUT2D eigenvalue weighted by atomic mass is 9.85. The Morgan fingerprint density at radius 1 is 1.39 bits per heavy atom. The van der Waals surface area contributed by atoms with E-state index in [9.17, 15) is 17.8 Å². The molecule has 0 spiro atoms. The van der Waals surface area contributed by atoms with Crippen LogP contribution in [0.25, 0.3) is 0 Å². The van der Waals surface area contributed by atoms with Crippen molar-refractivity contribution in [1.82, 2.24) is 5.32 Å². The molecule has 0 aromatic carbocycles. The molecule has 5 nitrogen and oxygen atoms in total. The summed E-state index contributed by atoms with van der Waals surface area (Å²) in [6.07, 6.45) is 0.550. The first-order valence-corrected chi connectivity index (χ1v) is 7.27. The highest BCUT2D eigenvalue weighted by Gasteiger charge is 2.33. The first-order chi connectivity index (χ1) is 7.84. The second-order valence-corrected chi connectivity index (χ2v) is 7.47. The Labute approximate surface area is 109 Å². The van der Waals surface area contributed by atoms with Crippen molar-refractivity contribution in [2.24, 2.45) is 11.3 Å². The molecular formula is C12H23NO4S. The van der Waals surface area contributed by atoms with Gasteiger partial charge in [0.1, 0.15) is 0 Å². The predicted octanol–water partition coefficient (Wildman–Crippen LogP) is 1.96. The normalized spacial score (nSPS) is 15.9. The molecule has 0 heterocycles. The van der Waals surface area contributed by atoms with Gasteiger partial charge in [0.25, 0.3) is 10.1 Å². The Bertz CT molecular complexity index is 420. The molecule has 2 atom stereocenters. The number of rotatable bonds is 5. The van der Waals surface area contributed by atoms with Crippen molar-refractivity contribution in [1.29, 1.82) is 0 Å². The van der Waals surface area contributed by atoms with Gasteiger partial charge in [-0.25, -0.2) is 0 Å². The van der Waals surface area contributed by atoms with Gasteiger partial charge in [0.05, 0.1) is 0 Å². The van der Waals surface area contributed by atoms with Crippen molar-refractivity contribution in [3.63, 3.8) is 0 Å². The minimum Gasteiger partial charge on any atom is -0.334 e. The van der Waals surface area contributed by atoms with Crippen LogP contribution in [0.5, 0.6) is 0 Å². The second kappa shape index (κ2) is 5.84. The van der Waals surface area contributed by atoms with Gasteiger partial charge in [0.2, 0.25) is 5.91 Å². The topological polar surface area (TPSA) is 83.5 Å². The number of amides is 1. The van der Waals surface area contributed by atoms with E-state index in [1.54, 1.807) is 6.92 Å². The molecule has 0 saturated carbocycles. The van der Waals surface area contributed by atoms with Crippen LogP contribution in [0.4, 0.5) is 0 Å². The summed E-state index contributed by atoms with van der Waals surface area (Å²) in [7, 11) is -4.34. The SMILES string of the molecule is C=C(C)C(=O)NC(C(C)CC(C)(C)C)S(=O)(=O)O. The molecule has 1 amide bonds. The zero-order valence-corrected chi connectivity index (χ0v) is 12.5. The summed E-state index contributed by atoms with van der Waals surface area (Å²) in [5, 5.41) is 0.998. The number of nitrogens with one attached hydrogen (secondary N) is 1. The van der Waals surface area contributed by atoms with Gasteiger partial charge in [-0.1, -0.05) is 34.3 Å². The van der Waals surface area contributed by atoms with Crippen molar-refractivity contribution in [3.05, 3.63) is 12.2 Å². The Morgan fingerprint density at radius 2 is 1.83 bits per heavy atom. The lowest BCUT2D eigenvalue weighted by molar-refractivity contribution is -0.118. The smallest absolute Gasteiger partial charge is 0.286 e. The van der Waals surface area contributed by atoms with Crippen molar-refractivity contribution in [3.8, 4) is 0 Å². The fraction of sp³-hybridized carbons (Fsp3) is 0.750. The Morgan fingerprint density at radius 3 is 2.11 bits per heavy atom. The largest absolute Gasteiger partial charge is 0.334 e. The Kier molecular flexibility index (Phi) is 5.55. The summed E-state index contributed by atoms with van der Waals surface area (Å²) >= 11 is 0. The van der Waals surface area contributed by atoms with Gasteiger partial charge in [0, 0.05) is 5.57 Å². The highest BCUT2D eigenvalue weighted by Crippen LogP contribution is 2.27. The molecule has 0 bridgehead atoms. The molecule has 0 rings (SSSR count). The summed E-state index contributed by atoms with van der Waals surface area (Å²) < 4.78 is 31.9. The summed E-state index contributed by atoms with van der Waals surface area (Å²) in [6, 6.07) is 0. The molecule has 6 heteroatoms. The second-order valence-electron chi connectivity index (χ2n) is 5.93. The quantitative estimate of drug-likeness (QED) is 0.594. The fourth-order valence-corrected chi connectivity index (χ4v) is 2.77. The molecule has 0 saturated heterocycles. The lowest BCUT2D eigenvalue weighted by Crippen LogP contribution is -2.45. The van der Waals surface area contributed by atoms with E-state index >= 15 is 0 Å². The Balaban J connectivity index is 5.03. The van der Waals surface area contributed by atoms with Crippen LogP contribution in [0.15, 0.2) is 12.2 Å². The van der Waals surface area contributed by atoms with Crippen LogP contribution in [0.1, 0.15) is 41.0 Å². The van der Waals surface area contributed by atoms with Gasteiger partial charge in [-0.15, -0.1) is 0 Å². The predicted molar refractivity (Wildman–Crippen MR) is 71.5 cm³/mol. The van der Waals surface area contributed by atoms with Gasteiger partial charge < -0.3 is 5.32 Å². The zero-order valence-electron chi connectivity index (χ0n) is 11.6. The summed E-state index contributed by atoms with van der Waals surface area (Å²) in [5.74, 6) is -0.971. The highest BCUT2D eigenvalue weighted by atomic mass is 32.2. The van der Waals surface area contributed by atoms with Crippen LogP contribution in [0.2, 0.25) is 0 Å². The van der Waals surface area contributed by atoms with Crippen molar-refractivity contribution >= 4 is 16.0 Å². The van der Waals surface area contributed by atoms with Crippen molar-refractivity contribution in [2.45, 2.75) is 46.4 Å². The first-order valence-electron chi connectivity index (χ1n) is 5.77. The number of carbonyl (C=O) groups is 1. The van der Waals surface area contributed by atoms with E-state index in [1.807, 2.05) is 20.8 Å². The van der Waals surface area contributed by atoms with Gasteiger partial charge in [-0.2, -0.15) is 8.42 Å². The van der Waals surface area contributed by atoms with Crippen LogP contribution in [-0.2, 0) is 14.9 Å². The third-order valence-corrected chi connectivity index (χ3v) is 3.66. The van der Waals surface area contributed by atoms with Crippen LogP contribution >= 0.6 is 0 Å². The van der Waals surface area contributed by atoms with E-state index in [-0.39, 0.29) is 11.0 Å². The van der Waals surface area contributed by atoms with Crippen LogP contribution in [0.3, 0.4) is 0 Å². The summed E-state index contributed by atoms with van der Waals surface area (Å²) in [6.45, 7) is 12.5. The maximum Gasteiger partial charge on any atom is 0.286 e. The van der Waals surface area contributed by atoms with E-state index in [1.165, 1.54) is 6.92 Å². The molecule has 0 aromatic rings. The standard InChI is InChI=1S/C12H23NO4S/c1-8(2)10(14)13-11(18(15,16)17)9(3)7-12(4,5)6/h9,11H,1,7H2,2-6H3,(H,13,14)(H,15,16,17). The number of hydrogen-bond donors (Lipinski definition) is 2. The molecule has 106 valence electrons. The summed E-state index contributed by atoms with van der Waals surface area (Å²) in [5.41, 5.74) is 0.0997. The maximum absolute atomic E-state index is 11.5. The van der Waals surface area contributed by atoms with Crippen LogP contribution in [0, 0.1) is 11.3 Å². The monoisotopic (exact) mass is 277 g/mol. The van der Waals surface area contributed by atoms with Crippen LogP contribution in [-0.4, -0.2) is 24.3 Å². The summed E-state index contributed by atoms with van der Waals surface area (Å²) in [4.78, 5) is 11.5. The van der Waals surface area contributed by atoms with E-state index < -0.39 is 27.3 Å². The van der Waals surface area contributed by atoms with Gasteiger partial charge in [-0.3, -0.25) is 9.35 Å². The minimum atomic E-state index is -4.34. The average molecular weight is 277 g/mol. The maximum atomic E-state index is 11.5. The van der Waals surface area contributed by atoms with E-state index in [2.05, 4.69) is 11.9 Å². The van der Waals surface area contributed by atoms with Crippen molar-refractivity contribution < 1.29 is 17.8 Å². The first kappa shape index (κ1) is 17.1. The molecule has 0 fully saturated rings. The zero-order chi connectivity index (χ0) is 14.7. The average Bonchev–Trinajstić information content (AvgIpc) is 2.08.